The zero-order chi connectivity index (χ0) is 22.7. The maximum atomic E-state index is 12.8. The summed E-state index contributed by atoms with van der Waals surface area (Å²) >= 11 is 0. The summed E-state index contributed by atoms with van der Waals surface area (Å²) in [6.07, 6.45) is 6.42. The molecule has 1 aromatic rings. The molecule has 1 atom stereocenters. The molecule has 9 heteroatoms. The van der Waals surface area contributed by atoms with Gasteiger partial charge in [0.1, 0.15) is 5.84 Å². The number of piperidine rings is 1. The minimum atomic E-state index is -3.46. The first-order valence-corrected chi connectivity index (χ1v) is 12.4. The Morgan fingerprint density at radius 2 is 1.84 bits per heavy atom. The van der Waals surface area contributed by atoms with Crippen molar-refractivity contribution in [2.75, 3.05) is 25.4 Å². The molecule has 0 aromatic heterocycles. The smallest absolute Gasteiger partial charge is 0.340 e. The molecule has 0 aliphatic carbocycles. The van der Waals surface area contributed by atoms with Crippen LogP contribution in [0.15, 0.2) is 58.7 Å². The molecule has 1 unspecified atom stereocenters. The molecule has 3 heterocycles. The van der Waals surface area contributed by atoms with E-state index >= 15 is 0 Å². The Balaban J connectivity index is 1.28. The number of sulfonamides is 1. The standard InChI is InChI=1S/C23H27N3O5S/c1-17(22(27)25-11-9-19(10-12-25)15-18-5-3-2-4-6-18)31-23(28)20-7-8-21-24-32(29,30)14-13-26(21)16-20/h2-8,16-17,19H,9-15H2,1H3. The molecule has 1 saturated heterocycles. The fourth-order valence-corrected chi connectivity index (χ4v) is 5.13. The summed E-state index contributed by atoms with van der Waals surface area (Å²) in [6, 6.07) is 10.4. The average Bonchev–Trinajstić information content (AvgIpc) is 2.79. The lowest BCUT2D eigenvalue weighted by atomic mass is 9.90. The van der Waals surface area contributed by atoms with Crippen LogP contribution in [0.2, 0.25) is 0 Å². The molecule has 8 nitrogen and oxygen atoms in total. The summed E-state index contributed by atoms with van der Waals surface area (Å²) in [7, 11) is -3.46. The Bertz CT molecular complexity index is 1070. The van der Waals surface area contributed by atoms with Gasteiger partial charge < -0.3 is 14.5 Å². The lowest BCUT2D eigenvalue weighted by molar-refractivity contribution is -0.156. The van der Waals surface area contributed by atoms with E-state index in [2.05, 4.69) is 16.5 Å². The van der Waals surface area contributed by atoms with Crippen LogP contribution in [0.1, 0.15) is 25.3 Å². The minimum absolute atomic E-state index is 0.113. The van der Waals surface area contributed by atoms with E-state index in [0.717, 1.165) is 19.3 Å². The summed E-state index contributed by atoms with van der Waals surface area (Å²) in [5.74, 6) is -0.105. The number of amides is 1. The van der Waals surface area contributed by atoms with Crippen molar-refractivity contribution < 1.29 is 22.7 Å². The highest BCUT2D eigenvalue weighted by Gasteiger charge is 2.30. The van der Waals surface area contributed by atoms with E-state index < -0.39 is 22.1 Å². The Labute approximate surface area is 188 Å². The molecule has 32 heavy (non-hydrogen) atoms. The number of hydrogen-bond acceptors (Lipinski definition) is 6. The van der Waals surface area contributed by atoms with Crippen LogP contribution in [0.25, 0.3) is 0 Å². The van der Waals surface area contributed by atoms with Gasteiger partial charge in [-0.05, 0) is 49.8 Å². The predicted octanol–water partition coefficient (Wildman–Crippen LogP) is 1.90. The van der Waals surface area contributed by atoms with E-state index in [1.807, 2.05) is 18.2 Å². The van der Waals surface area contributed by atoms with Gasteiger partial charge in [-0.15, -0.1) is 4.40 Å². The number of ether oxygens (including phenoxy) is 1. The van der Waals surface area contributed by atoms with Crippen LogP contribution in [0.3, 0.4) is 0 Å². The normalized spacial score (nSPS) is 21.3. The molecule has 0 saturated carbocycles. The molecule has 1 fully saturated rings. The van der Waals surface area contributed by atoms with Crippen LogP contribution in [0, 0.1) is 5.92 Å². The van der Waals surface area contributed by atoms with Gasteiger partial charge in [0.25, 0.3) is 15.9 Å². The van der Waals surface area contributed by atoms with Crippen LogP contribution in [-0.2, 0) is 30.8 Å². The van der Waals surface area contributed by atoms with Crippen molar-refractivity contribution in [3.8, 4) is 0 Å². The fraction of sp³-hybridized carbons (Fsp3) is 0.435. The van der Waals surface area contributed by atoms with Crippen LogP contribution >= 0.6 is 0 Å². The van der Waals surface area contributed by atoms with E-state index in [1.54, 1.807) is 16.7 Å². The maximum Gasteiger partial charge on any atom is 0.340 e. The van der Waals surface area contributed by atoms with Gasteiger partial charge in [0.15, 0.2) is 6.10 Å². The largest absolute Gasteiger partial charge is 0.449 e. The van der Waals surface area contributed by atoms with E-state index in [9.17, 15) is 18.0 Å². The van der Waals surface area contributed by atoms with Crippen LogP contribution < -0.4 is 0 Å². The van der Waals surface area contributed by atoms with Gasteiger partial charge in [-0.2, -0.15) is 0 Å². The van der Waals surface area contributed by atoms with Crippen LogP contribution in [0.4, 0.5) is 0 Å². The summed E-state index contributed by atoms with van der Waals surface area (Å²) in [6.45, 7) is 3.12. The van der Waals surface area contributed by atoms with Crippen molar-refractivity contribution in [2.24, 2.45) is 10.3 Å². The molecule has 1 amide bonds. The number of esters is 1. The third-order valence-corrected chi connectivity index (χ3v) is 7.15. The Morgan fingerprint density at radius 3 is 2.56 bits per heavy atom. The second-order valence-corrected chi connectivity index (χ2v) is 10.1. The van der Waals surface area contributed by atoms with Crippen molar-refractivity contribution in [3.63, 3.8) is 0 Å². The van der Waals surface area contributed by atoms with E-state index in [0.29, 0.717) is 19.0 Å². The van der Waals surface area contributed by atoms with E-state index in [4.69, 9.17) is 4.74 Å². The molecule has 4 rings (SSSR count). The number of fused-ring (bicyclic) bond motifs is 1. The first kappa shape index (κ1) is 22.3. The first-order valence-electron chi connectivity index (χ1n) is 10.8. The number of hydrogen-bond donors (Lipinski definition) is 0. The molecular formula is C23H27N3O5S. The quantitative estimate of drug-likeness (QED) is 0.627. The molecule has 3 aliphatic rings. The van der Waals surface area contributed by atoms with Crippen molar-refractivity contribution in [3.05, 3.63) is 59.8 Å². The van der Waals surface area contributed by atoms with Gasteiger partial charge in [0.2, 0.25) is 0 Å². The zero-order valence-corrected chi connectivity index (χ0v) is 18.8. The van der Waals surface area contributed by atoms with Gasteiger partial charge in [-0.25, -0.2) is 13.2 Å². The lowest BCUT2D eigenvalue weighted by Crippen LogP contribution is -2.44. The van der Waals surface area contributed by atoms with E-state index in [1.165, 1.54) is 23.9 Å². The number of amidine groups is 1. The van der Waals surface area contributed by atoms with Crippen molar-refractivity contribution in [1.82, 2.24) is 9.80 Å². The molecule has 0 radical (unpaired) electrons. The minimum Gasteiger partial charge on any atom is -0.449 e. The summed E-state index contributed by atoms with van der Waals surface area (Å²) < 4.78 is 32.3. The van der Waals surface area contributed by atoms with Crippen LogP contribution in [0.5, 0.6) is 0 Å². The lowest BCUT2D eigenvalue weighted by Gasteiger charge is -2.33. The molecular weight excluding hydrogens is 430 g/mol. The SMILES string of the molecule is CC(OC(=O)C1=CN2CCS(=O)(=O)N=C2C=C1)C(=O)N1CCC(Cc2ccccc2)CC1. The Hall–Kier alpha value is -2.94. The number of carbonyl (C=O) groups excluding carboxylic acids is 2. The zero-order valence-electron chi connectivity index (χ0n) is 18.0. The Morgan fingerprint density at radius 1 is 1.12 bits per heavy atom. The summed E-state index contributed by atoms with van der Waals surface area (Å²) in [5, 5.41) is 0. The molecule has 170 valence electrons. The number of likely N-dealkylation sites (tertiary alicyclic amines) is 1. The highest BCUT2D eigenvalue weighted by molar-refractivity contribution is 7.90. The van der Waals surface area contributed by atoms with Crippen molar-refractivity contribution in [1.29, 1.82) is 0 Å². The third kappa shape index (κ3) is 5.27. The monoisotopic (exact) mass is 457 g/mol. The van der Waals surface area contributed by atoms with Gasteiger partial charge in [-0.3, -0.25) is 4.79 Å². The highest BCUT2D eigenvalue weighted by atomic mass is 32.2. The molecule has 0 N–H and O–H groups in total. The second-order valence-electron chi connectivity index (χ2n) is 8.35. The van der Waals surface area contributed by atoms with Gasteiger partial charge in [-0.1, -0.05) is 30.3 Å². The Kier molecular flexibility index (Phi) is 6.45. The molecule has 3 aliphatic heterocycles. The van der Waals surface area contributed by atoms with Gasteiger partial charge >= 0.3 is 5.97 Å². The summed E-state index contributed by atoms with van der Waals surface area (Å²) in [4.78, 5) is 28.7. The average molecular weight is 458 g/mol. The number of nitrogens with zero attached hydrogens (tertiary/aromatic N) is 3. The van der Waals surface area contributed by atoms with Gasteiger partial charge in [0.05, 0.1) is 11.3 Å². The van der Waals surface area contributed by atoms with Crippen molar-refractivity contribution >= 4 is 27.7 Å². The number of benzene rings is 1. The highest BCUT2D eigenvalue weighted by Crippen LogP contribution is 2.23. The number of rotatable bonds is 5. The fourth-order valence-electron chi connectivity index (χ4n) is 4.16. The number of carbonyl (C=O) groups is 2. The second kappa shape index (κ2) is 9.28. The van der Waals surface area contributed by atoms with E-state index in [-0.39, 0.29) is 29.6 Å². The topological polar surface area (TPSA) is 96.3 Å². The molecule has 1 aromatic carbocycles. The maximum absolute atomic E-state index is 12.8. The van der Waals surface area contributed by atoms with Crippen LogP contribution in [-0.4, -0.2) is 67.4 Å². The third-order valence-electron chi connectivity index (χ3n) is 5.98. The molecule has 0 spiro atoms. The van der Waals surface area contributed by atoms with Gasteiger partial charge in [0, 0.05) is 25.8 Å². The predicted molar refractivity (Wildman–Crippen MR) is 120 cm³/mol. The van der Waals surface area contributed by atoms with Crippen molar-refractivity contribution in [2.45, 2.75) is 32.3 Å². The molecule has 0 bridgehead atoms. The first-order chi connectivity index (χ1) is 15.3. The summed E-state index contributed by atoms with van der Waals surface area (Å²) in [5.41, 5.74) is 1.57.